The van der Waals surface area contributed by atoms with Gasteiger partial charge in [-0.05, 0) is 26.1 Å². The van der Waals surface area contributed by atoms with Gasteiger partial charge >= 0.3 is 0 Å². The van der Waals surface area contributed by atoms with Crippen molar-refractivity contribution in [1.29, 1.82) is 0 Å². The smallest absolute Gasteiger partial charge is 0.272 e. The number of piperazine rings is 1. The molecule has 1 aromatic heterocycles. The average molecular weight is 347 g/mol. The highest BCUT2D eigenvalue weighted by molar-refractivity contribution is 5.93. The fraction of sp³-hybridized carbons (Fsp3) is 0.353. The number of rotatable bonds is 3. The summed E-state index contributed by atoms with van der Waals surface area (Å²) in [7, 11) is 2.01. The van der Waals surface area contributed by atoms with E-state index in [4.69, 9.17) is 0 Å². The number of carbonyl (C=O) groups excluding carboxylic acids is 1. The summed E-state index contributed by atoms with van der Waals surface area (Å²) in [6.45, 7) is 4.59. The van der Waals surface area contributed by atoms with E-state index in [-0.39, 0.29) is 11.6 Å². The standard InChI is InChI=1S/C17H19F2N5O/c1-11-20-15(17(25)24-7-5-23(2)6-8-24)10-16(21-11)22-12-3-4-13(18)14(19)9-12/h3-4,9-10H,5-8H2,1-2H3,(H,20,21,22). The van der Waals surface area contributed by atoms with E-state index < -0.39 is 11.6 Å². The van der Waals surface area contributed by atoms with Crippen LogP contribution >= 0.6 is 0 Å². The van der Waals surface area contributed by atoms with Gasteiger partial charge in [0.05, 0.1) is 0 Å². The Bertz CT molecular complexity index is 791. The molecule has 1 aromatic carbocycles. The van der Waals surface area contributed by atoms with Gasteiger partial charge in [-0.15, -0.1) is 0 Å². The number of nitrogens with one attached hydrogen (secondary N) is 1. The molecule has 0 spiro atoms. The van der Waals surface area contributed by atoms with Gasteiger partial charge in [0.2, 0.25) is 0 Å². The van der Waals surface area contributed by atoms with Crippen molar-refractivity contribution in [3.8, 4) is 0 Å². The van der Waals surface area contributed by atoms with Gasteiger partial charge in [-0.25, -0.2) is 18.7 Å². The van der Waals surface area contributed by atoms with Crippen molar-refractivity contribution in [3.63, 3.8) is 0 Å². The molecule has 132 valence electrons. The Morgan fingerprint density at radius 1 is 1.08 bits per heavy atom. The van der Waals surface area contributed by atoms with E-state index in [1.807, 2.05) is 7.05 Å². The highest BCUT2D eigenvalue weighted by Gasteiger charge is 2.22. The lowest BCUT2D eigenvalue weighted by Crippen LogP contribution is -2.47. The fourth-order valence-corrected chi connectivity index (χ4v) is 2.63. The molecule has 2 aromatic rings. The van der Waals surface area contributed by atoms with Crippen LogP contribution in [0.1, 0.15) is 16.3 Å². The first kappa shape index (κ1) is 17.2. The number of hydrogen-bond donors (Lipinski definition) is 1. The Balaban J connectivity index is 1.80. The maximum atomic E-state index is 13.3. The first-order valence-electron chi connectivity index (χ1n) is 7.98. The highest BCUT2D eigenvalue weighted by atomic mass is 19.2. The predicted octanol–water partition coefficient (Wildman–Crippen LogP) is 2.19. The summed E-state index contributed by atoms with van der Waals surface area (Å²) < 4.78 is 26.4. The summed E-state index contributed by atoms with van der Waals surface area (Å²) in [6.07, 6.45) is 0. The molecule has 1 saturated heterocycles. The molecule has 6 nitrogen and oxygen atoms in total. The molecule has 1 N–H and O–H groups in total. The predicted molar refractivity (Wildman–Crippen MR) is 89.8 cm³/mol. The van der Waals surface area contributed by atoms with Gasteiger partial charge in [0.15, 0.2) is 11.6 Å². The molecule has 8 heteroatoms. The normalized spacial score (nSPS) is 15.3. The number of benzene rings is 1. The summed E-state index contributed by atoms with van der Waals surface area (Å²) >= 11 is 0. The Labute approximate surface area is 144 Å². The zero-order valence-corrected chi connectivity index (χ0v) is 14.1. The van der Waals surface area contributed by atoms with Gasteiger partial charge < -0.3 is 15.1 Å². The van der Waals surface area contributed by atoms with Crippen LogP contribution in [0.3, 0.4) is 0 Å². The second kappa shape index (κ2) is 7.10. The molecule has 1 amide bonds. The molecule has 1 aliphatic rings. The van der Waals surface area contributed by atoms with Crippen LogP contribution < -0.4 is 5.32 Å². The number of hydrogen-bond acceptors (Lipinski definition) is 5. The van der Waals surface area contributed by atoms with E-state index in [0.29, 0.717) is 30.4 Å². The quantitative estimate of drug-likeness (QED) is 0.922. The summed E-state index contributed by atoms with van der Waals surface area (Å²) in [5, 5.41) is 2.88. The minimum atomic E-state index is -0.954. The number of halogens is 2. The van der Waals surface area contributed by atoms with Crippen LogP contribution in [0.2, 0.25) is 0 Å². The molecular weight excluding hydrogens is 328 g/mol. The third kappa shape index (κ3) is 4.08. The lowest BCUT2D eigenvalue weighted by atomic mass is 10.2. The third-order valence-electron chi connectivity index (χ3n) is 4.04. The van der Waals surface area contributed by atoms with Gasteiger partial charge in [-0.1, -0.05) is 0 Å². The first-order chi connectivity index (χ1) is 11.9. The van der Waals surface area contributed by atoms with Gasteiger partial charge in [0.1, 0.15) is 17.3 Å². The highest BCUT2D eigenvalue weighted by Crippen LogP contribution is 2.19. The maximum Gasteiger partial charge on any atom is 0.272 e. The molecular formula is C17H19F2N5O. The van der Waals surface area contributed by atoms with E-state index in [1.165, 1.54) is 12.1 Å². The van der Waals surface area contributed by atoms with Gasteiger partial charge in [-0.2, -0.15) is 0 Å². The van der Waals surface area contributed by atoms with Crippen molar-refractivity contribution in [2.45, 2.75) is 6.92 Å². The van der Waals surface area contributed by atoms with E-state index >= 15 is 0 Å². The maximum absolute atomic E-state index is 13.3. The second-order valence-corrected chi connectivity index (χ2v) is 6.04. The summed E-state index contributed by atoms with van der Waals surface area (Å²) in [4.78, 5) is 25.0. The van der Waals surface area contributed by atoms with E-state index in [2.05, 4.69) is 20.2 Å². The SMILES string of the molecule is Cc1nc(Nc2ccc(F)c(F)c2)cc(C(=O)N2CCN(C)CC2)n1. The first-order valence-corrected chi connectivity index (χ1v) is 7.98. The van der Waals surface area contributed by atoms with Crippen molar-refractivity contribution in [3.05, 3.63) is 47.4 Å². The lowest BCUT2D eigenvalue weighted by molar-refractivity contribution is 0.0658. The number of carbonyl (C=O) groups is 1. The van der Waals surface area contributed by atoms with Crippen LogP contribution in [0, 0.1) is 18.6 Å². The molecule has 0 aliphatic carbocycles. The molecule has 2 heterocycles. The Morgan fingerprint density at radius 3 is 2.48 bits per heavy atom. The van der Waals surface area contributed by atoms with Crippen molar-refractivity contribution in [1.82, 2.24) is 19.8 Å². The minimum absolute atomic E-state index is 0.160. The summed E-state index contributed by atoms with van der Waals surface area (Å²) in [6, 6.07) is 4.99. The van der Waals surface area contributed by atoms with Crippen LogP contribution in [0.15, 0.2) is 24.3 Å². The molecule has 0 atom stereocenters. The number of amides is 1. The van der Waals surface area contributed by atoms with Crippen LogP contribution in [0.25, 0.3) is 0 Å². The summed E-state index contributed by atoms with van der Waals surface area (Å²) in [5.74, 6) is -1.26. The molecule has 0 saturated carbocycles. The largest absolute Gasteiger partial charge is 0.340 e. The fourth-order valence-electron chi connectivity index (χ4n) is 2.63. The molecule has 25 heavy (non-hydrogen) atoms. The van der Waals surface area contributed by atoms with Crippen molar-refractivity contribution >= 4 is 17.4 Å². The third-order valence-corrected chi connectivity index (χ3v) is 4.04. The molecule has 0 bridgehead atoms. The molecule has 1 fully saturated rings. The van der Waals surface area contributed by atoms with E-state index in [0.717, 1.165) is 25.2 Å². The number of likely N-dealkylation sites (N-methyl/N-ethyl adjacent to an activating group) is 1. The second-order valence-electron chi connectivity index (χ2n) is 6.04. The van der Waals surface area contributed by atoms with Crippen molar-refractivity contribution in [2.24, 2.45) is 0 Å². The number of aryl methyl sites for hydroxylation is 1. The topological polar surface area (TPSA) is 61.4 Å². The Morgan fingerprint density at radius 2 is 1.80 bits per heavy atom. The van der Waals surface area contributed by atoms with E-state index in [9.17, 15) is 13.6 Å². The van der Waals surface area contributed by atoms with Gasteiger partial charge in [-0.3, -0.25) is 4.79 Å². The van der Waals surface area contributed by atoms with Crippen LogP contribution in [0.5, 0.6) is 0 Å². The molecule has 0 unspecified atom stereocenters. The summed E-state index contributed by atoms with van der Waals surface area (Å²) in [5.41, 5.74) is 0.622. The minimum Gasteiger partial charge on any atom is -0.340 e. The van der Waals surface area contributed by atoms with Gasteiger partial charge in [0, 0.05) is 44.0 Å². The van der Waals surface area contributed by atoms with Crippen molar-refractivity contribution in [2.75, 3.05) is 38.5 Å². The molecule has 0 radical (unpaired) electrons. The number of aromatic nitrogens is 2. The zero-order valence-electron chi connectivity index (χ0n) is 14.1. The molecule has 1 aliphatic heterocycles. The Kier molecular flexibility index (Phi) is 4.89. The van der Waals surface area contributed by atoms with Crippen LogP contribution in [-0.4, -0.2) is 58.9 Å². The van der Waals surface area contributed by atoms with E-state index in [1.54, 1.807) is 11.8 Å². The lowest BCUT2D eigenvalue weighted by Gasteiger charge is -2.32. The van der Waals surface area contributed by atoms with Crippen LogP contribution in [0.4, 0.5) is 20.3 Å². The van der Waals surface area contributed by atoms with Crippen LogP contribution in [-0.2, 0) is 0 Å². The monoisotopic (exact) mass is 347 g/mol. The van der Waals surface area contributed by atoms with Gasteiger partial charge in [0.25, 0.3) is 5.91 Å². The number of anilines is 2. The average Bonchev–Trinajstić information content (AvgIpc) is 2.58. The molecule has 3 rings (SSSR count). The van der Waals surface area contributed by atoms with Crippen molar-refractivity contribution < 1.29 is 13.6 Å². The number of nitrogens with zero attached hydrogens (tertiary/aromatic N) is 4. The Hall–Kier alpha value is -2.61. The zero-order chi connectivity index (χ0) is 18.0.